The van der Waals surface area contributed by atoms with Gasteiger partial charge in [-0.2, -0.15) is 0 Å². The summed E-state index contributed by atoms with van der Waals surface area (Å²) >= 11 is 12.6. The van der Waals surface area contributed by atoms with Crippen molar-refractivity contribution >= 4 is 52.2 Å². The number of alkyl halides is 3. The Morgan fingerprint density at radius 3 is 2.00 bits per heavy atom. The number of urea groups is 1. The molecule has 0 unspecified atom stereocenters. The molecule has 1 N–H and O–H groups in total. The molecule has 0 saturated carbocycles. The first-order valence-corrected chi connectivity index (χ1v) is 11.7. The number of aromatic nitrogens is 2. The third kappa shape index (κ3) is 6.50. The molecule has 14 heteroatoms. The van der Waals surface area contributed by atoms with Crippen molar-refractivity contribution in [2.45, 2.75) is 12.8 Å². The lowest BCUT2D eigenvalue weighted by molar-refractivity contribution is -0.121. The number of benzene rings is 2. The zero-order valence-corrected chi connectivity index (χ0v) is 22.6. The SMILES string of the molecule is COc1cc(OC)c(Cl)c(NC(=O)N(C)c2cc(N(c3ccc(CN(C)C)cc3)C(F)(F)F)ncn2)c1Cl. The van der Waals surface area contributed by atoms with E-state index in [0.29, 0.717) is 6.54 Å². The Bertz CT molecular complexity index is 1260. The Balaban J connectivity index is 1.93. The van der Waals surface area contributed by atoms with E-state index in [2.05, 4.69) is 15.3 Å². The molecule has 2 amide bonds. The number of methoxy groups -OCH3 is 2. The van der Waals surface area contributed by atoms with Gasteiger partial charge in [0.05, 0.1) is 25.6 Å². The number of hydrogen-bond acceptors (Lipinski definition) is 7. The van der Waals surface area contributed by atoms with E-state index in [4.69, 9.17) is 32.7 Å². The maximum Gasteiger partial charge on any atom is 0.490 e. The number of hydrogen-bond donors (Lipinski definition) is 1. The zero-order chi connectivity index (χ0) is 28.2. The van der Waals surface area contributed by atoms with E-state index in [0.717, 1.165) is 22.9 Å². The summed E-state index contributed by atoms with van der Waals surface area (Å²) < 4.78 is 52.7. The zero-order valence-electron chi connectivity index (χ0n) is 21.1. The standard InChI is InChI=1S/C24H25Cl2F3N6O3/c1-33(2)12-14-6-8-15(9-7-14)35(24(27,28)29)19-11-18(30-13-31-19)34(3)23(36)32-22-20(25)16(37-4)10-17(38-5)21(22)26/h6-11,13H,12H2,1-5H3,(H,32,36). The molecular weight excluding hydrogens is 548 g/mol. The van der Waals surface area contributed by atoms with Crippen LogP contribution in [0.3, 0.4) is 0 Å². The van der Waals surface area contributed by atoms with Gasteiger partial charge in [-0.1, -0.05) is 35.3 Å². The van der Waals surface area contributed by atoms with Crippen LogP contribution in [0.1, 0.15) is 5.56 Å². The first-order chi connectivity index (χ1) is 17.9. The summed E-state index contributed by atoms with van der Waals surface area (Å²) in [6, 6.07) is 7.60. The Morgan fingerprint density at radius 1 is 0.947 bits per heavy atom. The summed E-state index contributed by atoms with van der Waals surface area (Å²) in [6.07, 6.45) is -3.88. The van der Waals surface area contributed by atoms with Crippen LogP contribution < -0.4 is 24.6 Å². The van der Waals surface area contributed by atoms with Crippen LogP contribution in [0.4, 0.5) is 41.0 Å². The number of carbonyl (C=O) groups excluding carboxylic acids is 1. The second-order valence-electron chi connectivity index (χ2n) is 8.22. The van der Waals surface area contributed by atoms with Gasteiger partial charge in [-0.05, 0) is 31.8 Å². The van der Waals surface area contributed by atoms with Crippen molar-refractivity contribution in [3.05, 3.63) is 58.3 Å². The van der Waals surface area contributed by atoms with E-state index in [1.165, 1.54) is 39.5 Å². The molecule has 0 radical (unpaired) electrons. The highest BCUT2D eigenvalue weighted by Crippen LogP contribution is 2.44. The fourth-order valence-electron chi connectivity index (χ4n) is 3.46. The van der Waals surface area contributed by atoms with Gasteiger partial charge in [-0.15, -0.1) is 13.2 Å². The fraction of sp³-hybridized carbons (Fsp3) is 0.292. The van der Waals surface area contributed by atoms with Gasteiger partial charge in [0, 0.05) is 25.7 Å². The van der Waals surface area contributed by atoms with Crippen molar-refractivity contribution in [2.75, 3.05) is 50.5 Å². The van der Waals surface area contributed by atoms with Gasteiger partial charge in [0.2, 0.25) is 0 Å². The molecule has 0 saturated heterocycles. The average molecular weight is 573 g/mol. The van der Waals surface area contributed by atoms with Crippen molar-refractivity contribution in [2.24, 2.45) is 0 Å². The Labute approximate surface area is 227 Å². The van der Waals surface area contributed by atoms with Gasteiger partial charge in [0.1, 0.15) is 39.5 Å². The normalized spacial score (nSPS) is 11.3. The minimum absolute atomic E-state index is 0.00406. The van der Waals surface area contributed by atoms with E-state index in [1.54, 1.807) is 12.1 Å². The maximum atomic E-state index is 14.1. The maximum absolute atomic E-state index is 14.1. The molecule has 38 heavy (non-hydrogen) atoms. The molecule has 0 aliphatic heterocycles. The third-order valence-electron chi connectivity index (χ3n) is 5.27. The number of rotatable bonds is 8. The molecule has 204 valence electrons. The number of anilines is 4. The lowest BCUT2D eigenvalue weighted by Gasteiger charge is -2.27. The van der Waals surface area contributed by atoms with Crippen LogP contribution in [-0.4, -0.2) is 62.6 Å². The molecule has 1 aromatic heterocycles. The average Bonchev–Trinajstić information content (AvgIpc) is 2.86. The highest BCUT2D eigenvalue weighted by atomic mass is 35.5. The second-order valence-corrected chi connectivity index (χ2v) is 8.97. The van der Waals surface area contributed by atoms with Gasteiger partial charge >= 0.3 is 12.3 Å². The van der Waals surface area contributed by atoms with Gasteiger partial charge in [0.25, 0.3) is 0 Å². The summed E-state index contributed by atoms with van der Waals surface area (Å²) in [4.78, 5) is 23.8. The molecule has 0 fully saturated rings. The quantitative estimate of drug-likeness (QED) is 0.322. The van der Waals surface area contributed by atoms with Gasteiger partial charge < -0.3 is 19.7 Å². The Kier molecular flexibility index (Phi) is 9.13. The third-order valence-corrected chi connectivity index (χ3v) is 6.02. The van der Waals surface area contributed by atoms with Crippen LogP contribution in [-0.2, 0) is 6.54 Å². The van der Waals surface area contributed by atoms with E-state index in [9.17, 15) is 18.0 Å². The topological polar surface area (TPSA) is 83.1 Å². The lowest BCUT2D eigenvalue weighted by atomic mass is 10.2. The highest BCUT2D eigenvalue weighted by Gasteiger charge is 2.40. The molecule has 3 aromatic rings. The summed E-state index contributed by atoms with van der Waals surface area (Å²) in [6.45, 7) is 0.567. The molecule has 3 rings (SSSR count). The molecule has 2 aromatic carbocycles. The molecule has 0 atom stereocenters. The van der Waals surface area contributed by atoms with Crippen molar-refractivity contribution < 1.29 is 27.4 Å². The second kappa shape index (κ2) is 11.9. The first kappa shape index (κ1) is 29.1. The van der Waals surface area contributed by atoms with E-state index < -0.39 is 18.1 Å². The van der Waals surface area contributed by atoms with Crippen molar-refractivity contribution in [3.63, 3.8) is 0 Å². The largest absolute Gasteiger partial charge is 0.495 e. The number of nitrogens with zero attached hydrogens (tertiary/aromatic N) is 5. The van der Waals surface area contributed by atoms with Crippen LogP contribution in [0.15, 0.2) is 42.7 Å². The van der Waals surface area contributed by atoms with Crippen LogP contribution in [0.25, 0.3) is 0 Å². The minimum atomic E-state index is -4.81. The number of carbonyl (C=O) groups is 1. The van der Waals surface area contributed by atoms with Crippen molar-refractivity contribution in [1.29, 1.82) is 0 Å². The number of nitrogens with one attached hydrogen (secondary N) is 1. The summed E-state index contributed by atoms with van der Waals surface area (Å²) in [5.41, 5.74) is 0.677. The lowest BCUT2D eigenvalue weighted by Crippen LogP contribution is -2.35. The van der Waals surface area contributed by atoms with Gasteiger partial charge in [-0.25, -0.2) is 19.7 Å². The van der Waals surface area contributed by atoms with E-state index in [1.807, 2.05) is 19.0 Å². The molecule has 9 nitrogen and oxygen atoms in total. The van der Waals surface area contributed by atoms with Gasteiger partial charge in [0.15, 0.2) is 0 Å². The molecule has 1 heterocycles. The van der Waals surface area contributed by atoms with Crippen LogP contribution in [0, 0.1) is 0 Å². The number of ether oxygens (including phenoxy) is 2. The Hall–Kier alpha value is -3.48. The summed E-state index contributed by atoms with van der Waals surface area (Å²) in [5, 5.41) is 2.53. The van der Waals surface area contributed by atoms with Crippen LogP contribution >= 0.6 is 23.2 Å². The molecule has 0 bridgehead atoms. The van der Waals surface area contributed by atoms with Crippen LogP contribution in [0.5, 0.6) is 11.5 Å². The van der Waals surface area contributed by atoms with Gasteiger partial charge in [-0.3, -0.25) is 4.90 Å². The molecule has 0 aliphatic carbocycles. The van der Waals surface area contributed by atoms with E-state index >= 15 is 0 Å². The fourth-order valence-corrected chi connectivity index (χ4v) is 4.05. The molecule has 0 spiro atoms. The first-order valence-electron chi connectivity index (χ1n) is 10.9. The highest BCUT2D eigenvalue weighted by molar-refractivity contribution is 6.41. The smallest absolute Gasteiger partial charge is 0.490 e. The Morgan fingerprint density at radius 2 is 1.50 bits per heavy atom. The summed E-state index contributed by atoms with van der Waals surface area (Å²) in [7, 11) is 7.78. The number of halogens is 5. The predicted octanol–water partition coefficient (Wildman–Crippen LogP) is 6.19. The van der Waals surface area contributed by atoms with Crippen molar-refractivity contribution in [3.8, 4) is 11.5 Å². The monoisotopic (exact) mass is 572 g/mol. The molecular formula is C24H25Cl2F3N6O3. The summed E-state index contributed by atoms with van der Waals surface area (Å²) in [5.74, 6) is -0.227. The number of amides is 2. The minimum Gasteiger partial charge on any atom is -0.495 e. The van der Waals surface area contributed by atoms with E-state index in [-0.39, 0.29) is 43.6 Å². The predicted molar refractivity (Wildman–Crippen MR) is 141 cm³/mol. The van der Waals surface area contributed by atoms with Crippen molar-refractivity contribution in [1.82, 2.24) is 14.9 Å². The van der Waals surface area contributed by atoms with Crippen LogP contribution in [0.2, 0.25) is 10.0 Å². The molecule has 0 aliphatic rings.